The lowest BCUT2D eigenvalue weighted by molar-refractivity contribution is -0.000492. The molecule has 9 nitrogen and oxygen atoms in total. The molecule has 2 N–H and O–H groups in total. The first kappa shape index (κ1) is 36.9. The van der Waals surface area contributed by atoms with E-state index in [1.165, 1.54) is 17.0 Å². The zero-order valence-corrected chi connectivity index (χ0v) is 31.8. The Labute approximate surface area is 334 Å². The van der Waals surface area contributed by atoms with E-state index in [2.05, 4.69) is 15.5 Å². The minimum atomic E-state index is -1.01. The lowest BCUT2D eigenvalue weighted by Gasteiger charge is -2.53. The Bertz CT molecular complexity index is 2580. The van der Waals surface area contributed by atoms with Gasteiger partial charge in [0.1, 0.15) is 17.5 Å². The number of hydrogen-bond acceptors (Lipinski definition) is 7. The largest absolute Gasteiger partial charge is 0.381 e. The molecule has 57 heavy (non-hydrogen) atoms. The summed E-state index contributed by atoms with van der Waals surface area (Å²) >= 11 is 7.10. The van der Waals surface area contributed by atoms with Gasteiger partial charge in [0.15, 0.2) is 5.82 Å². The van der Waals surface area contributed by atoms with E-state index in [9.17, 15) is 27.6 Å². The van der Waals surface area contributed by atoms with Crippen LogP contribution in [0.5, 0.6) is 0 Å². The first-order valence-electron chi connectivity index (χ1n) is 18.4. The Balaban J connectivity index is 0.938. The predicted molar refractivity (Wildman–Crippen MR) is 215 cm³/mol. The zero-order chi connectivity index (χ0) is 39.4. The van der Waals surface area contributed by atoms with Crippen LogP contribution in [0.15, 0.2) is 91.0 Å². The molecule has 0 atom stereocenters. The number of pyridine rings is 1. The number of carbonyl (C=O) groups excluding carboxylic acids is 3. The van der Waals surface area contributed by atoms with Crippen LogP contribution >= 0.6 is 22.9 Å². The molecule has 0 aliphatic carbocycles. The second kappa shape index (κ2) is 14.6. The van der Waals surface area contributed by atoms with Crippen LogP contribution in [0.4, 0.5) is 36.1 Å². The van der Waals surface area contributed by atoms with Crippen molar-refractivity contribution in [1.29, 1.82) is 0 Å². The Hall–Kier alpha value is -5.76. The molecule has 14 heteroatoms. The number of anilines is 4. The van der Waals surface area contributed by atoms with E-state index in [0.717, 1.165) is 73.0 Å². The molecule has 2 fully saturated rings. The molecule has 0 saturated carbocycles. The topological polar surface area (TPSA) is 104 Å². The average molecular weight is 808 g/mol. The number of aromatic nitrogens is 1. The zero-order valence-electron chi connectivity index (χ0n) is 30.2. The summed E-state index contributed by atoms with van der Waals surface area (Å²) in [5.74, 6) is -3.16. The highest BCUT2D eigenvalue weighted by molar-refractivity contribution is 7.17. The molecule has 2 saturated heterocycles. The highest BCUT2D eigenvalue weighted by Gasteiger charge is 2.45. The summed E-state index contributed by atoms with van der Waals surface area (Å²) < 4.78 is 48.4. The van der Waals surface area contributed by atoms with Crippen LogP contribution in [0, 0.1) is 22.9 Å². The summed E-state index contributed by atoms with van der Waals surface area (Å²) in [6, 6.07) is 23.4. The van der Waals surface area contributed by atoms with Crippen LogP contribution in [0.25, 0.3) is 21.3 Å². The van der Waals surface area contributed by atoms with Crippen molar-refractivity contribution in [2.75, 3.05) is 53.3 Å². The SMILES string of the molecule is O=C(Nc1c(F)cc(F)cc1Cl)c1cc2c(s1)-c1ccc(F)cc1N(C(=O)c1ccc(NC(=O)c3cc4ccccc4nc3N3CC4(CCOCC4)C3)cc1)CC2. The molecule has 6 aromatic rings. The normalized spacial score (nSPS) is 15.7. The number of halogens is 4. The average Bonchev–Trinajstić information content (AvgIpc) is 3.56. The minimum absolute atomic E-state index is 0.166. The summed E-state index contributed by atoms with van der Waals surface area (Å²) in [7, 11) is 0. The molecular formula is C43H33ClF3N5O4S. The number of benzene rings is 4. The lowest BCUT2D eigenvalue weighted by Crippen LogP contribution is -2.59. The standard InChI is InChI=1S/C43H33ClF3N5O4S/c44-32-19-28(46)20-33(47)37(32)50-41(54)36-18-26-11-14-52(35-21-27(45)7-10-30(35)38(26)57-36)42(55)24-5-8-29(9-6-24)48-40(53)31-17-25-3-1-2-4-34(25)49-39(31)51-22-43(23-51)12-15-56-16-13-43/h1-10,17-21H,11-16,22-23H2,(H,48,53)(H,50,54). The quantitative estimate of drug-likeness (QED) is 0.174. The third-order valence-corrected chi connectivity index (χ3v) is 12.4. The van der Waals surface area contributed by atoms with Gasteiger partial charge in [-0.15, -0.1) is 11.3 Å². The number of ether oxygens (including phenoxy) is 1. The van der Waals surface area contributed by atoms with Gasteiger partial charge in [0.2, 0.25) is 0 Å². The monoisotopic (exact) mass is 807 g/mol. The van der Waals surface area contributed by atoms with Crippen molar-refractivity contribution in [1.82, 2.24) is 4.98 Å². The van der Waals surface area contributed by atoms with Crippen molar-refractivity contribution in [3.05, 3.63) is 135 Å². The van der Waals surface area contributed by atoms with Gasteiger partial charge < -0.3 is 25.2 Å². The maximum atomic E-state index is 14.8. The fourth-order valence-corrected chi connectivity index (χ4v) is 9.25. The van der Waals surface area contributed by atoms with Crippen molar-refractivity contribution in [3.8, 4) is 10.4 Å². The molecule has 0 unspecified atom stereocenters. The Kier molecular flexibility index (Phi) is 9.46. The second-order valence-corrected chi connectivity index (χ2v) is 16.0. The van der Waals surface area contributed by atoms with Gasteiger partial charge in [0.05, 0.1) is 32.4 Å². The maximum Gasteiger partial charge on any atom is 0.265 e. The Morgan fingerprint density at radius 3 is 2.39 bits per heavy atom. The predicted octanol–water partition coefficient (Wildman–Crippen LogP) is 9.36. The molecule has 0 radical (unpaired) electrons. The van der Waals surface area contributed by atoms with E-state index in [4.69, 9.17) is 21.3 Å². The van der Waals surface area contributed by atoms with E-state index in [1.54, 1.807) is 36.4 Å². The van der Waals surface area contributed by atoms with Gasteiger partial charge >= 0.3 is 0 Å². The van der Waals surface area contributed by atoms with Crippen LogP contribution in [0.2, 0.25) is 5.02 Å². The van der Waals surface area contributed by atoms with E-state index < -0.39 is 23.4 Å². The number of nitrogens with one attached hydrogen (secondary N) is 2. The van der Waals surface area contributed by atoms with Crippen molar-refractivity contribution >= 4 is 74.4 Å². The summed E-state index contributed by atoms with van der Waals surface area (Å²) in [5, 5.41) is 5.97. The molecule has 1 spiro atoms. The van der Waals surface area contributed by atoms with Crippen LogP contribution in [-0.2, 0) is 11.2 Å². The summed E-state index contributed by atoms with van der Waals surface area (Å²) in [6.45, 7) is 3.26. The lowest BCUT2D eigenvalue weighted by atomic mass is 9.73. The minimum Gasteiger partial charge on any atom is -0.381 e. The molecule has 3 aliphatic heterocycles. The van der Waals surface area contributed by atoms with Crippen LogP contribution in [0.1, 0.15) is 48.8 Å². The summed E-state index contributed by atoms with van der Waals surface area (Å²) in [4.78, 5) is 50.6. The van der Waals surface area contributed by atoms with Crippen LogP contribution in [-0.4, -0.2) is 55.6 Å². The highest BCUT2D eigenvalue weighted by atomic mass is 35.5. The number of para-hydroxylation sites is 1. The molecule has 4 aromatic carbocycles. The summed E-state index contributed by atoms with van der Waals surface area (Å²) in [6.07, 6.45) is 2.29. The second-order valence-electron chi connectivity index (χ2n) is 14.6. The smallest absolute Gasteiger partial charge is 0.265 e. The van der Waals surface area contributed by atoms with Gasteiger partial charge in [0.25, 0.3) is 17.7 Å². The maximum absolute atomic E-state index is 14.8. The molecule has 3 amide bonds. The van der Waals surface area contributed by atoms with Gasteiger partial charge in [-0.25, -0.2) is 18.2 Å². The first-order valence-corrected chi connectivity index (χ1v) is 19.6. The van der Waals surface area contributed by atoms with Crippen molar-refractivity contribution in [2.45, 2.75) is 19.3 Å². The first-order chi connectivity index (χ1) is 27.5. The molecule has 0 bridgehead atoms. The number of fused-ring (bicyclic) bond motifs is 4. The molecular weight excluding hydrogens is 775 g/mol. The van der Waals surface area contributed by atoms with Crippen molar-refractivity contribution in [2.24, 2.45) is 5.41 Å². The molecule has 288 valence electrons. The molecule has 2 aromatic heterocycles. The third-order valence-electron chi connectivity index (χ3n) is 10.9. The van der Waals surface area contributed by atoms with E-state index in [0.29, 0.717) is 51.2 Å². The molecule has 5 heterocycles. The van der Waals surface area contributed by atoms with Crippen molar-refractivity contribution < 1.29 is 32.3 Å². The van der Waals surface area contributed by atoms with Gasteiger partial charge in [-0.05, 0) is 91.6 Å². The number of rotatable bonds is 6. The van der Waals surface area contributed by atoms with Crippen LogP contribution < -0.4 is 20.4 Å². The number of thiophene rings is 1. The van der Waals surface area contributed by atoms with Gasteiger partial charge in [-0.3, -0.25) is 14.4 Å². The highest BCUT2D eigenvalue weighted by Crippen LogP contribution is 2.44. The number of carbonyl (C=O) groups is 3. The van der Waals surface area contributed by atoms with E-state index in [1.807, 2.05) is 30.3 Å². The van der Waals surface area contributed by atoms with Gasteiger partial charge in [0, 0.05) is 71.4 Å². The fraction of sp³-hybridized carbons (Fsp3) is 0.209. The van der Waals surface area contributed by atoms with E-state index >= 15 is 0 Å². The fourth-order valence-electron chi connectivity index (χ4n) is 7.87. The number of amides is 3. The van der Waals surface area contributed by atoms with Gasteiger partial charge in [-0.2, -0.15) is 0 Å². The Morgan fingerprint density at radius 1 is 0.842 bits per heavy atom. The number of hydrogen-bond donors (Lipinski definition) is 2. The summed E-state index contributed by atoms with van der Waals surface area (Å²) in [5.41, 5.74) is 3.50. The Morgan fingerprint density at radius 2 is 1.61 bits per heavy atom. The third kappa shape index (κ3) is 7.00. The van der Waals surface area contributed by atoms with Gasteiger partial charge in [-0.1, -0.05) is 29.8 Å². The number of nitrogens with zero attached hydrogens (tertiary/aromatic N) is 3. The van der Waals surface area contributed by atoms with Crippen LogP contribution in [0.3, 0.4) is 0 Å². The molecule has 3 aliphatic rings. The molecule has 9 rings (SSSR count). The van der Waals surface area contributed by atoms with Crippen molar-refractivity contribution in [3.63, 3.8) is 0 Å². The van der Waals surface area contributed by atoms with E-state index in [-0.39, 0.29) is 39.4 Å².